The van der Waals surface area contributed by atoms with E-state index >= 15 is 0 Å². The maximum Gasteiger partial charge on any atom is 0.138 e. The largest absolute Gasteiger partial charge is 0.489 e. The molecule has 2 atom stereocenters. The van der Waals surface area contributed by atoms with E-state index in [0.717, 1.165) is 12.0 Å². The van der Waals surface area contributed by atoms with Crippen molar-refractivity contribution in [2.45, 2.75) is 39.4 Å². The van der Waals surface area contributed by atoms with Gasteiger partial charge in [-0.25, -0.2) is 0 Å². The molecule has 0 aliphatic heterocycles. The highest BCUT2D eigenvalue weighted by Gasteiger charge is 2.08. The summed E-state index contributed by atoms with van der Waals surface area (Å²) in [5.74, 6) is 0.676. The molecule has 84 valence electrons. The summed E-state index contributed by atoms with van der Waals surface area (Å²) in [7, 11) is 0. The monoisotopic (exact) mass is 228 g/mol. The van der Waals surface area contributed by atoms with Gasteiger partial charge in [0.25, 0.3) is 0 Å². The molecule has 0 fully saturated rings. The molecule has 0 aromatic heterocycles. The molecule has 0 amide bonds. The van der Waals surface area contributed by atoms with E-state index in [4.69, 9.17) is 16.3 Å². The van der Waals surface area contributed by atoms with Crippen molar-refractivity contribution in [1.82, 2.24) is 0 Å². The predicted molar refractivity (Wildman–Crippen MR) is 62.5 cm³/mol. The van der Waals surface area contributed by atoms with Crippen LogP contribution in [0.1, 0.15) is 38.9 Å². The maximum atomic E-state index is 9.37. The molecule has 0 bridgehead atoms. The fraction of sp³-hybridized carbons (Fsp3) is 0.500. The van der Waals surface area contributed by atoms with Crippen LogP contribution in [0.4, 0.5) is 0 Å². The normalized spacial score (nSPS) is 14.7. The second-order valence-corrected chi connectivity index (χ2v) is 4.11. The lowest BCUT2D eigenvalue weighted by atomic mass is 10.1. The van der Waals surface area contributed by atoms with Gasteiger partial charge in [-0.1, -0.05) is 24.6 Å². The molecule has 0 aliphatic carbocycles. The average molecular weight is 229 g/mol. The molecule has 2 unspecified atom stereocenters. The number of ether oxygens (including phenoxy) is 1. The van der Waals surface area contributed by atoms with Crippen molar-refractivity contribution >= 4 is 11.6 Å². The van der Waals surface area contributed by atoms with E-state index in [2.05, 4.69) is 6.92 Å². The van der Waals surface area contributed by atoms with E-state index in [1.54, 1.807) is 19.1 Å². The zero-order valence-electron chi connectivity index (χ0n) is 9.33. The number of hydrogen-bond acceptors (Lipinski definition) is 2. The van der Waals surface area contributed by atoms with E-state index in [1.807, 2.05) is 13.0 Å². The smallest absolute Gasteiger partial charge is 0.138 e. The Bertz CT molecular complexity index is 323. The van der Waals surface area contributed by atoms with Crippen LogP contribution in [0.2, 0.25) is 5.02 Å². The van der Waals surface area contributed by atoms with Gasteiger partial charge in [-0.3, -0.25) is 0 Å². The Kier molecular flexibility index (Phi) is 4.43. The standard InChI is InChI=1S/C12H17ClO2/c1-4-8(2)15-12-6-5-10(9(3)14)7-11(12)13/h5-9,14H,4H2,1-3H3. The van der Waals surface area contributed by atoms with Crippen LogP contribution in [0.5, 0.6) is 5.75 Å². The van der Waals surface area contributed by atoms with Gasteiger partial charge in [0.05, 0.1) is 17.2 Å². The molecule has 1 aromatic rings. The van der Waals surface area contributed by atoms with Crippen LogP contribution in [-0.2, 0) is 0 Å². The lowest BCUT2D eigenvalue weighted by Crippen LogP contribution is -2.10. The number of halogens is 1. The van der Waals surface area contributed by atoms with Crippen LogP contribution in [0.15, 0.2) is 18.2 Å². The number of aliphatic hydroxyl groups excluding tert-OH is 1. The maximum absolute atomic E-state index is 9.37. The molecule has 0 radical (unpaired) electrons. The van der Waals surface area contributed by atoms with Crippen molar-refractivity contribution in [2.24, 2.45) is 0 Å². The van der Waals surface area contributed by atoms with Gasteiger partial charge in [-0.2, -0.15) is 0 Å². The summed E-state index contributed by atoms with van der Waals surface area (Å²) in [5, 5.41) is 9.92. The van der Waals surface area contributed by atoms with Crippen molar-refractivity contribution in [3.8, 4) is 5.75 Å². The third-order valence-electron chi connectivity index (χ3n) is 2.34. The van der Waals surface area contributed by atoms with Gasteiger partial charge >= 0.3 is 0 Å². The number of benzene rings is 1. The second-order valence-electron chi connectivity index (χ2n) is 3.70. The topological polar surface area (TPSA) is 29.5 Å². The fourth-order valence-corrected chi connectivity index (χ4v) is 1.41. The molecule has 15 heavy (non-hydrogen) atoms. The Morgan fingerprint density at radius 2 is 2.07 bits per heavy atom. The van der Waals surface area contributed by atoms with Gasteiger partial charge in [0.1, 0.15) is 5.75 Å². The third-order valence-corrected chi connectivity index (χ3v) is 2.64. The Labute approximate surface area is 95.8 Å². The molecular formula is C12H17ClO2. The van der Waals surface area contributed by atoms with Crippen molar-refractivity contribution < 1.29 is 9.84 Å². The van der Waals surface area contributed by atoms with Gasteiger partial charge in [0.2, 0.25) is 0 Å². The summed E-state index contributed by atoms with van der Waals surface area (Å²) in [5.41, 5.74) is 0.802. The summed E-state index contributed by atoms with van der Waals surface area (Å²) >= 11 is 6.04. The van der Waals surface area contributed by atoms with Crippen LogP contribution in [0.3, 0.4) is 0 Å². The second kappa shape index (κ2) is 5.38. The molecule has 0 heterocycles. The minimum absolute atomic E-state index is 0.153. The van der Waals surface area contributed by atoms with Gasteiger partial charge in [0.15, 0.2) is 0 Å². The molecule has 0 saturated heterocycles. The van der Waals surface area contributed by atoms with Crippen molar-refractivity contribution in [3.05, 3.63) is 28.8 Å². The first kappa shape index (κ1) is 12.3. The minimum atomic E-state index is -0.500. The van der Waals surface area contributed by atoms with Crippen molar-refractivity contribution in [1.29, 1.82) is 0 Å². The molecular weight excluding hydrogens is 212 g/mol. The molecule has 2 nitrogen and oxygen atoms in total. The minimum Gasteiger partial charge on any atom is -0.489 e. The zero-order chi connectivity index (χ0) is 11.4. The molecule has 0 aliphatic rings. The Morgan fingerprint density at radius 1 is 1.40 bits per heavy atom. The van der Waals surface area contributed by atoms with Crippen molar-refractivity contribution in [3.63, 3.8) is 0 Å². The lowest BCUT2D eigenvalue weighted by Gasteiger charge is -2.15. The van der Waals surface area contributed by atoms with E-state index in [-0.39, 0.29) is 6.10 Å². The van der Waals surface area contributed by atoms with Crippen LogP contribution in [-0.4, -0.2) is 11.2 Å². The molecule has 1 aromatic carbocycles. The SMILES string of the molecule is CCC(C)Oc1ccc(C(C)O)cc1Cl. The molecule has 3 heteroatoms. The van der Waals surface area contributed by atoms with E-state index in [1.165, 1.54) is 0 Å². The van der Waals surface area contributed by atoms with Crippen molar-refractivity contribution in [2.75, 3.05) is 0 Å². The van der Waals surface area contributed by atoms with Gasteiger partial charge in [-0.05, 0) is 38.0 Å². The summed E-state index contributed by atoms with van der Waals surface area (Å²) in [6.45, 7) is 5.77. The molecule has 0 spiro atoms. The lowest BCUT2D eigenvalue weighted by molar-refractivity contribution is 0.198. The van der Waals surface area contributed by atoms with Crippen LogP contribution in [0.25, 0.3) is 0 Å². The highest BCUT2D eigenvalue weighted by molar-refractivity contribution is 6.32. The summed E-state index contributed by atoms with van der Waals surface area (Å²) in [4.78, 5) is 0. The highest BCUT2D eigenvalue weighted by Crippen LogP contribution is 2.28. The predicted octanol–water partition coefficient (Wildman–Crippen LogP) is 3.57. The Morgan fingerprint density at radius 3 is 2.53 bits per heavy atom. The third kappa shape index (κ3) is 3.40. The van der Waals surface area contributed by atoms with Gasteiger partial charge < -0.3 is 9.84 Å². The van der Waals surface area contributed by atoms with E-state index in [9.17, 15) is 5.11 Å². The number of rotatable bonds is 4. The van der Waals surface area contributed by atoms with E-state index < -0.39 is 6.10 Å². The van der Waals surface area contributed by atoms with E-state index in [0.29, 0.717) is 10.8 Å². The summed E-state index contributed by atoms with van der Waals surface area (Å²) in [6, 6.07) is 5.37. The summed E-state index contributed by atoms with van der Waals surface area (Å²) in [6.07, 6.45) is 0.592. The quantitative estimate of drug-likeness (QED) is 0.854. The summed E-state index contributed by atoms with van der Waals surface area (Å²) < 4.78 is 5.62. The number of hydrogen-bond donors (Lipinski definition) is 1. The van der Waals surface area contributed by atoms with Gasteiger partial charge in [0, 0.05) is 0 Å². The van der Waals surface area contributed by atoms with Crippen LogP contribution < -0.4 is 4.74 Å². The highest BCUT2D eigenvalue weighted by atomic mass is 35.5. The Hall–Kier alpha value is -0.730. The fourth-order valence-electron chi connectivity index (χ4n) is 1.17. The van der Waals surface area contributed by atoms with Crippen LogP contribution >= 0.6 is 11.6 Å². The Balaban J connectivity index is 2.83. The first-order valence-electron chi connectivity index (χ1n) is 5.18. The van der Waals surface area contributed by atoms with Gasteiger partial charge in [-0.15, -0.1) is 0 Å². The molecule has 0 saturated carbocycles. The molecule has 1 rings (SSSR count). The van der Waals surface area contributed by atoms with Crippen LogP contribution in [0, 0.1) is 0 Å². The molecule has 1 N–H and O–H groups in total. The average Bonchev–Trinajstić information content (AvgIpc) is 2.20. The first-order valence-corrected chi connectivity index (χ1v) is 5.56. The zero-order valence-corrected chi connectivity index (χ0v) is 10.1. The number of aliphatic hydroxyl groups is 1. The first-order chi connectivity index (χ1) is 7.04.